The lowest BCUT2D eigenvalue weighted by molar-refractivity contribution is 0.185. The van der Waals surface area contributed by atoms with Crippen LogP contribution in [0.3, 0.4) is 0 Å². The predicted octanol–water partition coefficient (Wildman–Crippen LogP) is 3.36. The standard InChI is InChI=1S/C17H29N3/c1-3-4-5-6-15(2)19-11-13-20(14-12-19)17-9-7-16(18)8-10-17/h7-10,15H,3-6,11-14,18H2,1-2H3. The van der Waals surface area contributed by atoms with Crippen LogP contribution in [0.5, 0.6) is 0 Å². The monoisotopic (exact) mass is 275 g/mol. The van der Waals surface area contributed by atoms with Gasteiger partial charge in [0.1, 0.15) is 0 Å². The highest BCUT2D eigenvalue weighted by Gasteiger charge is 2.20. The molecule has 0 spiro atoms. The zero-order valence-corrected chi connectivity index (χ0v) is 13.0. The summed E-state index contributed by atoms with van der Waals surface area (Å²) in [6.45, 7) is 9.27. The minimum absolute atomic E-state index is 0.732. The first kappa shape index (κ1) is 15.2. The van der Waals surface area contributed by atoms with E-state index in [2.05, 4.69) is 35.8 Å². The Morgan fingerprint density at radius 1 is 1.05 bits per heavy atom. The Bertz CT molecular complexity index is 380. The number of nitrogen functional groups attached to an aromatic ring is 1. The number of piperazine rings is 1. The van der Waals surface area contributed by atoms with Crippen molar-refractivity contribution >= 4 is 11.4 Å². The number of hydrogen-bond donors (Lipinski definition) is 1. The highest BCUT2D eigenvalue weighted by atomic mass is 15.3. The molecular formula is C17H29N3. The number of benzene rings is 1. The van der Waals surface area contributed by atoms with Crippen molar-refractivity contribution in [3.8, 4) is 0 Å². The summed E-state index contributed by atoms with van der Waals surface area (Å²) in [6.07, 6.45) is 5.40. The third kappa shape index (κ3) is 4.14. The first-order valence-electron chi connectivity index (χ1n) is 8.05. The van der Waals surface area contributed by atoms with Gasteiger partial charge in [0, 0.05) is 43.6 Å². The average Bonchev–Trinajstić information content (AvgIpc) is 2.48. The van der Waals surface area contributed by atoms with Crippen LogP contribution in [0.2, 0.25) is 0 Å². The second-order valence-electron chi connectivity index (χ2n) is 5.96. The lowest BCUT2D eigenvalue weighted by Gasteiger charge is -2.39. The molecule has 112 valence electrons. The van der Waals surface area contributed by atoms with Gasteiger partial charge >= 0.3 is 0 Å². The molecule has 1 aliphatic heterocycles. The molecule has 3 heteroatoms. The van der Waals surface area contributed by atoms with Crippen LogP contribution in [0.1, 0.15) is 39.5 Å². The Morgan fingerprint density at radius 2 is 1.70 bits per heavy atom. The molecule has 1 aromatic rings. The van der Waals surface area contributed by atoms with E-state index in [9.17, 15) is 0 Å². The Kier molecular flexibility index (Phi) is 5.72. The summed E-state index contributed by atoms with van der Waals surface area (Å²) in [5.41, 5.74) is 7.90. The molecule has 1 atom stereocenters. The summed E-state index contributed by atoms with van der Waals surface area (Å²) in [5, 5.41) is 0. The van der Waals surface area contributed by atoms with Gasteiger partial charge in [0.2, 0.25) is 0 Å². The van der Waals surface area contributed by atoms with Crippen molar-refractivity contribution in [2.75, 3.05) is 36.8 Å². The third-order valence-corrected chi connectivity index (χ3v) is 4.42. The minimum Gasteiger partial charge on any atom is -0.399 e. The summed E-state index contributed by atoms with van der Waals surface area (Å²) in [4.78, 5) is 5.11. The molecule has 0 aromatic heterocycles. The van der Waals surface area contributed by atoms with E-state index in [1.165, 1.54) is 44.5 Å². The fourth-order valence-corrected chi connectivity index (χ4v) is 2.98. The van der Waals surface area contributed by atoms with Crippen LogP contribution in [0.4, 0.5) is 11.4 Å². The normalized spacial score (nSPS) is 18.2. The van der Waals surface area contributed by atoms with Gasteiger partial charge in [0.05, 0.1) is 0 Å². The Balaban J connectivity index is 1.78. The van der Waals surface area contributed by atoms with Gasteiger partial charge in [-0.1, -0.05) is 26.2 Å². The number of anilines is 2. The lowest BCUT2D eigenvalue weighted by atomic mass is 10.1. The fraction of sp³-hybridized carbons (Fsp3) is 0.647. The summed E-state index contributed by atoms with van der Waals surface area (Å²) in [7, 11) is 0. The second-order valence-corrected chi connectivity index (χ2v) is 5.96. The van der Waals surface area contributed by atoms with E-state index >= 15 is 0 Å². The largest absolute Gasteiger partial charge is 0.399 e. The molecule has 0 radical (unpaired) electrons. The molecule has 0 aliphatic carbocycles. The molecule has 3 nitrogen and oxygen atoms in total. The van der Waals surface area contributed by atoms with E-state index in [0.29, 0.717) is 0 Å². The molecule has 0 amide bonds. The van der Waals surface area contributed by atoms with Gasteiger partial charge < -0.3 is 10.6 Å². The third-order valence-electron chi connectivity index (χ3n) is 4.42. The number of nitrogens with zero attached hydrogens (tertiary/aromatic N) is 2. The van der Waals surface area contributed by atoms with Gasteiger partial charge in [-0.05, 0) is 37.6 Å². The number of rotatable bonds is 6. The Labute approximate surface area is 123 Å². The molecule has 1 saturated heterocycles. The minimum atomic E-state index is 0.732. The van der Waals surface area contributed by atoms with E-state index in [1.807, 2.05) is 12.1 Å². The van der Waals surface area contributed by atoms with E-state index in [4.69, 9.17) is 5.73 Å². The summed E-state index contributed by atoms with van der Waals surface area (Å²) < 4.78 is 0. The van der Waals surface area contributed by atoms with E-state index < -0.39 is 0 Å². The van der Waals surface area contributed by atoms with E-state index in [-0.39, 0.29) is 0 Å². The number of hydrogen-bond acceptors (Lipinski definition) is 3. The van der Waals surface area contributed by atoms with Crippen molar-refractivity contribution in [3.63, 3.8) is 0 Å². The molecule has 2 N–H and O–H groups in total. The van der Waals surface area contributed by atoms with Gasteiger partial charge in [-0.25, -0.2) is 0 Å². The fourth-order valence-electron chi connectivity index (χ4n) is 2.98. The van der Waals surface area contributed by atoms with Gasteiger partial charge in [0.25, 0.3) is 0 Å². The van der Waals surface area contributed by atoms with Gasteiger partial charge in [-0.3, -0.25) is 4.90 Å². The maximum atomic E-state index is 5.75. The first-order valence-corrected chi connectivity index (χ1v) is 8.05. The van der Waals surface area contributed by atoms with Crippen molar-refractivity contribution in [2.45, 2.75) is 45.6 Å². The highest BCUT2D eigenvalue weighted by molar-refractivity contribution is 5.53. The molecule has 0 saturated carbocycles. The van der Waals surface area contributed by atoms with Crippen molar-refractivity contribution < 1.29 is 0 Å². The Morgan fingerprint density at radius 3 is 2.30 bits per heavy atom. The molecule has 20 heavy (non-hydrogen) atoms. The summed E-state index contributed by atoms with van der Waals surface area (Å²) >= 11 is 0. The molecule has 0 bridgehead atoms. The summed E-state index contributed by atoms with van der Waals surface area (Å²) in [6, 6.07) is 8.99. The number of nitrogens with two attached hydrogens (primary N) is 1. The molecule has 1 heterocycles. The molecular weight excluding hydrogens is 246 g/mol. The van der Waals surface area contributed by atoms with Crippen molar-refractivity contribution in [1.82, 2.24) is 4.90 Å². The molecule has 1 fully saturated rings. The van der Waals surface area contributed by atoms with Gasteiger partial charge in [-0.2, -0.15) is 0 Å². The van der Waals surface area contributed by atoms with Crippen LogP contribution in [0.15, 0.2) is 24.3 Å². The molecule has 1 unspecified atom stereocenters. The molecule has 2 rings (SSSR count). The SMILES string of the molecule is CCCCCC(C)N1CCN(c2ccc(N)cc2)CC1. The van der Waals surface area contributed by atoms with Crippen LogP contribution < -0.4 is 10.6 Å². The first-order chi connectivity index (χ1) is 9.70. The highest BCUT2D eigenvalue weighted by Crippen LogP contribution is 2.19. The van der Waals surface area contributed by atoms with Crippen LogP contribution in [0, 0.1) is 0 Å². The maximum Gasteiger partial charge on any atom is 0.0368 e. The average molecular weight is 275 g/mol. The van der Waals surface area contributed by atoms with E-state index in [0.717, 1.165) is 24.8 Å². The zero-order valence-electron chi connectivity index (χ0n) is 13.0. The van der Waals surface area contributed by atoms with Gasteiger partial charge in [0.15, 0.2) is 0 Å². The molecule has 1 aliphatic rings. The van der Waals surface area contributed by atoms with Crippen molar-refractivity contribution in [3.05, 3.63) is 24.3 Å². The number of unbranched alkanes of at least 4 members (excludes halogenated alkanes) is 2. The zero-order chi connectivity index (χ0) is 14.4. The van der Waals surface area contributed by atoms with Crippen molar-refractivity contribution in [2.24, 2.45) is 0 Å². The second kappa shape index (κ2) is 7.53. The lowest BCUT2D eigenvalue weighted by Crippen LogP contribution is -2.49. The topological polar surface area (TPSA) is 32.5 Å². The molecule has 1 aromatic carbocycles. The smallest absolute Gasteiger partial charge is 0.0368 e. The van der Waals surface area contributed by atoms with Gasteiger partial charge in [-0.15, -0.1) is 0 Å². The van der Waals surface area contributed by atoms with Crippen LogP contribution in [-0.2, 0) is 0 Å². The Hall–Kier alpha value is -1.22. The maximum absolute atomic E-state index is 5.75. The van der Waals surface area contributed by atoms with Crippen LogP contribution in [0.25, 0.3) is 0 Å². The van der Waals surface area contributed by atoms with Crippen molar-refractivity contribution in [1.29, 1.82) is 0 Å². The van der Waals surface area contributed by atoms with Crippen LogP contribution >= 0.6 is 0 Å². The van der Waals surface area contributed by atoms with E-state index in [1.54, 1.807) is 0 Å². The predicted molar refractivity (Wildman–Crippen MR) is 88.2 cm³/mol. The summed E-state index contributed by atoms with van der Waals surface area (Å²) in [5.74, 6) is 0. The van der Waals surface area contributed by atoms with Crippen LogP contribution in [-0.4, -0.2) is 37.1 Å². The quantitative estimate of drug-likeness (QED) is 0.638.